The zero-order chi connectivity index (χ0) is 19.6. The molecule has 0 aliphatic heterocycles. The summed E-state index contributed by atoms with van der Waals surface area (Å²) in [6.45, 7) is 0. The van der Waals surface area contributed by atoms with Crippen LogP contribution in [0.2, 0.25) is 0 Å². The average Bonchev–Trinajstić information content (AvgIpc) is 2.77. The topological polar surface area (TPSA) is 29.9 Å². The van der Waals surface area contributed by atoms with Gasteiger partial charge in [-0.05, 0) is 50.9 Å². The van der Waals surface area contributed by atoms with Crippen molar-refractivity contribution in [3.8, 4) is 5.69 Å². The van der Waals surface area contributed by atoms with Gasteiger partial charge in [0.05, 0.1) is 0 Å². The Morgan fingerprint density at radius 1 is 0.621 bits per heavy atom. The number of benzene rings is 4. The number of hydrogen-bond acceptors (Lipinski definition) is 1. The first kappa shape index (κ1) is 17.2. The van der Waals surface area contributed by atoms with Crippen molar-refractivity contribution in [2.45, 2.75) is 0 Å². The van der Waals surface area contributed by atoms with E-state index >= 15 is 0 Å². The van der Waals surface area contributed by atoms with Gasteiger partial charge in [0.2, 0.25) is 5.69 Å². The molecule has 1 aromatic heterocycles. The second kappa shape index (κ2) is 7.25. The van der Waals surface area contributed by atoms with Crippen LogP contribution in [0.25, 0.3) is 39.4 Å². The highest BCUT2D eigenvalue weighted by Gasteiger charge is 2.06. The molecular weight excluding hydrogens is 352 g/mol. The van der Waals surface area contributed by atoms with Crippen LogP contribution < -0.4 is 10.3 Å². The lowest BCUT2D eigenvalue weighted by molar-refractivity contribution is -0.595. The quantitative estimate of drug-likeness (QED) is 0.234. The lowest BCUT2D eigenvalue weighted by Crippen LogP contribution is -2.29. The van der Waals surface area contributed by atoms with E-state index in [1.54, 1.807) is 0 Å². The van der Waals surface area contributed by atoms with Gasteiger partial charge in [-0.25, -0.2) is 0 Å². The number of nitrogens with zero attached hydrogens (tertiary/aromatic N) is 1. The molecule has 0 radical (unpaired) electrons. The van der Waals surface area contributed by atoms with Gasteiger partial charge in [0, 0.05) is 30.0 Å². The number of rotatable bonds is 3. The number of nitrogens with two attached hydrogens (primary N) is 1. The minimum Gasteiger partial charge on any atom is -0.399 e. The normalized spacial score (nSPS) is 11.4. The van der Waals surface area contributed by atoms with Crippen LogP contribution in [0, 0.1) is 0 Å². The Kier molecular flexibility index (Phi) is 4.30. The number of nitrogen functional groups attached to an aromatic ring is 1. The highest BCUT2D eigenvalue weighted by Crippen LogP contribution is 2.29. The van der Waals surface area contributed by atoms with Crippen molar-refractivity contribution < 1.29 is 4.57 Å². The molecule has 0 aliphatic carbocycles. The molecule has 5 rings (SSSR count). The molecule has 0 fully saturated rings. The van der Waals surface area contributed by atoms with E-state index in [9.17, 15) is 0 Å². The second-order valence-electron chi connectivity index (χ2n) is 7.20. The van der Waals surface area contributed by atoms with E-state index in [-0.39, 0.29) is 0 Å². The maximum absolute atomic E-state index is 5.78. The first-order valence-electron chi connectivity index (χ1n) is 9.74. The molecule has 0 bridgehead atoms. The Hall–Kier alpha value is -3.91. The van der Waals surface area contributed by atoms with Crippen molar-refractivity contribution in [2.75, 3.05) is 5.73 Å². The maximum atomic E-state index is 5.78. The van der Waals surface area contributed by atoms with E-state index in [4.69, 9.17) is 5.73 Å². The van der Waals surface area contributed by atoms with E-state index in [1.807, 2.05) is 24.3 Å². The maximum Gasteiger partial charge on any atom is 0.210 e. The highest BCUT2D eigenvalue weighted by molar-refractivity contribution is 6.07. The van der Waals surface area contributed by atoms with Gasteiger partial charge in [-0.3, -0.25) is 0 Å². The third-order valence-corrected chi connectivity index (χ3v) is 5.30. The molecule has 0 amide bonds. The van der Waals surface area contributed by atoms with Crippen LogP contribution in [0.4, 0.5) is 5.69 Å². The molecule has 0 saturated heterocycles. The third-order valence-electron chi connectivity index (χ3n) is 5.30. The minimum absolute atomic E-state index is 0.774. The van der Waals surface area contributed by atoms with Crippen molar-refractivity contribution in [3.63, 3.8) is 0 Å². The van der Waals surface area contributed by atoms with Crippen molar-refractivity contribution in [3.05, 3.63) is 115 Å². The molecule has 29 heavy (non-hydrogen) atoms. The predicted molar refractivity (Wildman–Crippen MR) is 123 cm³/mol. The number of anilines is 1. The van der Waals surface area contributed by atoms with Crippen LogP contribution in [0.15, 0.2) is 103 Å². The summed E-state index contributed by atoms with van der Waals surface area (Å²) in [5, 5.41) is 5.07. The van der Waals surface area contributed by atoms with Crippen LogP contribution in [0.1, 0.15) is 11.1 Å². The molecular formula is C27H21N2+. The fourth-order valence-corrected chi connectivity index (χ4v) is 3.78. The fourth-order valence-electron chi connectivity index (χ4n) is 3.78. The summed E-state index contributed by atoms with van der Waals surface area (Å²) in [5.74, 6) is 0. The van der Waals surface area contributed by atoms with Gasteiger partial charge in [0.25, 0.3) is 0 Å². The van der Waals surface area contributed by atoms with Crippen LogP contribution in [0.5, 0.6) is 0 Å². The molecule has 0 unspecified atom stereocenters. The lowest BCUT2D eigenvalue weighted by Gasteiger charge is -2.08. The van der Waals surface area contributed by atoms with Gasteiger partial charge in [-0.1, -0.05) is 60.7 Å². The number of pyridine rings is 1. The first-order valence-corrected chi connectivity index (χ1v) is 9.74. The van der Waals surface area contributed by atoms with Crippen molar-refractivity contribution in [1.82, 2.24) is 0 Å². The molecule has 0 aliphatic rings. The van der Waals surface area contributed by atoms with Crippen LogP contribution in [-0.4, -0.2) is 0 Å². The largest absolute Gasteiger partial charge is 0.399 e. The van der Waals surface area contributed by atoms with Gasteiger partial charge in [0.15, 0.2) is 12.4 Å². The molecule has 0 saturated carbocycles. The Bertz CT molecular complexity index is 1280. The summed E-state index contributed by atoms with van der Waals surface area (Å²) in [5.41, 5.74) is 10.1. The smallest absolute Gasteiger partial charge is 0.210 e. The van der Waals surface area contributed by atoms with Crippen molar-refractivity contribution >= 4 is 39.4 Å². The highest BCUT2D eigenvalue weighted by atomic mass is 14.9. The van der Waals surface area contributed by atoms with Crippen molar-refractivity contribution in [2.24, 2.45) is 0 Å². The summed E-state index contributed by atoms with van der Waals surface area (Å²) in [4.78, 5) is 0. The Labute approximate surface area is 170 Å². The predicted octanol–water partition coefficient (Wildman–Crippen LogP) is 6.02. The average molecular weight is 373 g/mol. The van der Waals surface area contributed by atoms with E-state index < -0.39 is 0 Å². The monoisotopic (exact) mass is 373 g/mol. The first-order chi connectivity index (χ1) is 14.3. The van der Waals surface area contributed by atoms with Gasteiger partial charge < -0.3 is 5.73 Å². The Morgan fingerprint density at radius 2 is 1.21 bits per heavy atom. The van der Waals surface area contributed by atoms with E-state index in [0.29, 0.717) is 0 Å². The molecule has 2 nitrogen and oxygen atoms in total. The van der Waals surface area contributed by atoms with Gasteiger partial charge >= 0.3 is 0 Å². The molecule has 2 N–H and O–H groups in total. The van der Waals surface area contributed by atoms with Crippen LogP contribution in [0.3, 0.4) is 0 Å². The summed E-state index contributed by atoms with van der Waals surface area (Å²) in [6.07, 6.45) is 8.56. The van der Waals surface area contributed by atoms with Gasteiger partial charge in [0.1, 0.15) is 0 Å². The SMILES string of the molecule is Nc1ccc(-[n+]2ccc(/C=C/c3c4ccccc4cc4ccccc34)cc2)cc1. The summed E-state index contributed by atoms with van der Waals surface area (Å²) in [6, 6.07) is 31.5. The summed E-state index contributed by atoms with van der Waals surface area (Å²) in [7, 11) is 0. The van der Waals surface area contributed by atoms with Crippen molar-refractivity contribution in [1.29, 1.82) is 0 Å². The van der Waals surface area contributed by atoms with Gasteiger partial charge in [-0.2, -0.15) is 4.57 Å². The zero-order valence-electron chi connectivity index (χ0n) is 16.0. The molecule has 4 aromatic carbocycles. The third kappa shape index (κ3) is 3.37. The van der Waals surface area contributed by atoms with Crippen LogP contribution in [-0.2, 0) is 0 Å². The molecule has 1 heterocycles. The molecule has 2 heteroatoms. The van der Waals surface area contributed by atoms with Crippen LogP contribution >= 0.6 is 0 Å². The Morgan fingerprint density at radius 3 is 1.83 bits per heavy atom. The molecule has 0 atom stereocenters. The molecule has 5 aromatic rings. The zero-order valence-corrected chi connectivity index (χ0v) is 16.0. The van der Waals surface area contributed by atoms with E-state index in [1.165, 1.54) is 27.1 Å². The van der Waals surface area contributed by atoms with Gasteiger partial charge in [-0.15, -0.1) is 0 Å². The molecule has 138 valence electrons. The Balaban J connectivity index is 1.54. The standard InChI is InChI=1S/C27H21N2/c28-23-10-12-24(13-11-23)29-17-15-20(16-18-29)9-14-27-25-7-3-1-5-21(25)19-22-6-2-4-8-26(22)27/h1-19H,28H2/q+1/b14-9+. The number of hydrogen-bond donors (Lipinski definition) is 1. The van der Waals surface area contributed by atoms with E-state index in [2.05, 4.69) is 95.8 Å². The second-order valence-corrected chi connectivity index (χ2v) is 7.20. The number of fused-ring (bicyclic) bond motifs is 2. The summed E-state index contributed by atoms with van der Waals surface area (Å²) >= 11 is 0. The summed E-state index contributed by atoms with van der Waals surface area (Å²) < 4.78 is 2.09. The molecule has 0 spiro atoms. The number of aromatic nitrogens is 1. The fraction of sp³-hybridized carbons (Fsp3) is 0. The minimum atomic E-state index is 0.774. The lowest BCUT2D eigenvalue weighted by atomic mass is 9.96. The van der Waals surface area contributed by atoms with E-state index in [0.717, 1.165) is 16.9 Å².